The van der Waals surface area contributed by atoms with Crippen molar-refractivity contribution in [2.75, 3.05) is 6.61 Å². The lowest BCUT2D eigenvalue weighted by Gasteiger charge is -2.51. The van der Waals surface area contributed by atoms with Gasteiger partial charge in [0.2, 0.25) is 0 Å². The van der Waals surface area contributed by atoms with Gasteiger partial charge in [0.15, 0.2) is 8.32 Å². The van der Waals surface area contributed by atoms with Gasteiger partial charge in [0.05, 0.1) is 19.9 Å². The topological polar surface area (TPSA) is 142 Å². The molecule has 0 aromatic carbocycles. The highest BCUT2D eigenvalue weighted by atomic mass is 28.4. The first kappa shape index (κ1) is 27.5. The summed E-state index contributed by atoms with van der Waals surface area (Å²) >= 11 is 0. The Bertz CT molecular complexity index is 1030. The molecule has 186 valence electrons. The largest absolute Gasteiger partial charge is 0.414 e. The molecule has 1 aromatic rings. The minimum Gasteiger partial charge on any atom is -0.414 e. The van der Waals surface area contributed by atoms with Crippen molar-refractivity contribution in [3.05, 3.63) is 43.5 Å². The van der Waals surface area contributed by atoms with E-state index in [1.807, 2.05) is 13.1 Å². The number of nitrogens with one attached hydrogen (secondary N) is 1. The maximum absolute atomic E-state index is 12.6. The third-order valence-corrected chi connectivity index (χ3v) is 19.0. The van der Waals surface area contributed by atoms with E-state index in [0.717, 1.165) is 0 Å². The van der Waals surface area contributed by atoms with E-state index in [9.17, 15) is 20.2 Å². The van der Waals surface area contributed by atoms with Crippen LogP contribution in [-0.2, 0) is 9.16 Å². The average molecular weight is 498 g/mol. The summed E-state index contributed by atoms with van der Waals surface area (Å²) in [6, 6.07) is 0.114. The zero-order valence-corrected chi connectivity index (χ0v) is 23.5. The van der Waals surface area contributed by atoms with Crippen LogP contribution in [0.5, 0.6) is 0 Å². The lowest BCUT2D eigenvalue weighted by Crippen LogP contribution is -2.69. The van der Waals surface area contributed by atoms with Gasteiger partial charge in [-0.05, 0) is 28.7 Å². The maximum atomic E-state index is 12.6. The van der Waals surface area contributed by atoms with Crippen molar-refractivity contribution in [1.82, 2.24) is 9.55 Å². The Balaban J connectivity index is 2.68. The fourth-order valence-electron chi connectivity index (χ4n) is 3.84. The second kappa shape index (κ2) is 8.82. The summed E-state index contributed by atoms with van der Waals surface area (Å²) < 4.78 is 13.9. The number of nitrogens with zero attached hydrogens (tertiary/aromatic N) is 4. The molecule has 1 aromatic heterocycles. The number of aromatic nitrogens is 2. The molecule has 0 amide bonds. The van der Waals surface area contributed by atoms with Crippen molar-refractivity contribution in [1.29, 1.82) is 0 Å². The van der Waals surface area contributed by atoms with Crippen LogP contribution in [-0.4, -0.2) is 55.0 Å². The van der Waals surface area contributed by atoms with Crippen molar-refractivity contribution in [2.45, 2.75) is 101 Å². The molecule has 12 heteroatoms. The standard InChI is InChI=1S/C21H39N5O5Si2/c1-19(2,3)32(7,8)21(29)14(13-30-33(9,10)20(4,5)6)31-17(16(21)24-25-22)26-12-11-15(27)23-18(26)28/h11-12,14,16-17,29H,13H2,1-10H3,(H,23,27,28)/t14-,16+,17-,21+/m1/s1. The van der Waals surface area contributed by atoms with Crippen molar-refractivity contribution in [3.8, 4) is 0 Å². The molecule has 0 saturated carbocycles. The summed E-state index contributed by atoms with van der Waals surface area (Å²) in [6.45, 7) is 20.9. The predicted octanol–water partition coefficient (Wildman–Crippen LogP) is 3.91. The minimum absolute atomic E-state index is 0.0554. The van der Waals surface area contributed by atoms with Crippen molar-refractivity contribution >= 4 is 16.4 Å². The highest BCUT2D eigenvalue weighted by Gasteiger charge is 2.67. The van der Waals surface area contributed by atoms with Gasteiger partial charge in [-0.25, -0.2) is 4.79 Å². The Morgan fingerprint density at radius 2 is 1.79 bits per heavy atom. The van der Waals surface area contributed by atoms with Gasteiger partial charge in [-0.3, -0.25) is 14.3 Å². The molecule has 4 atom stereocenters. The van der Waals surface area contributed by atoms with Gasteiger partial charge in [-0.2, -0.15) is 0 Å². The van der Waals surface area contributed by atoms with Gasteiger partial charge in [0, 0.05) is 17.2 Å². The van der Waals surface area contributed by atoms with Gasteiger partial charge in [-0.1, -0.05) is 59.8 Å². The summed E-state index contributed by atoms with van der Waals surface area (Å²) in [5, 5.41) is 14.5. The zero-order chi connectivity index (χ0) is 25.6. The van der Waals surface area contributed by atoms with E-state index in [-0.39, 0.29) is 16.7 Å². The number of rotatable bonds is 6. The maximum Gasteiger partial charge on any atom is 0.330 e. The van der Waals surface area contributed by atoms with Gasteiger partial charge < -0.3 is 14.3 Å². The molecule has 10 nitrogen and oxygen atoms in total. The molecular weight excluding hydrogens is 458 g/mol. The number of hydrogen-bond acceptors (Lipinski definition) is 6. The number of aliphatic hydroxyl groups is 1. The first-order valence-corrected chi connectivity index (χ1v) is 17.1. The van der Waals surface area contributed by atoms with Crippen LogP contribution in [0.15, 0.2) is 27.0 Å². The van der Waals surface area contributed by atoms with Crippen LogP contribution in [0.4, 0.5) is 0 Å². The first-order valence-electron chi connectivity index (χ1n) is 11.2. The summed E-state index contributed by atoms with van der Waals surface area (Å²) in [7, 11) is -4.89. The smallest absolute Gasteiger partial charge is 0.330 e. The molecule has 0 spiro atoms. The van der Waals surface area contributed by atoms with E-state index in [1.165, 1.54) is 16.8 Å². The van der Waals surface area contributed by atoms with Crippen molar-refractivity contribution in [2.24, 2.45) is 5.11 Å². The van der Waals surface area contributed by atoms with Gasteiger partial charge in [-0.15, -0.1) is 0 Å². The number of aromatic amines is 1. The molecule has 2 heterocycles. The Labute approximate surface area is 197 Å². The minimum atomic E-state index is -2.69. The molecule has 1 saturated heterocycles. The summed E-state index contributed by atoms with van der Waals surface area (Å²) in [5.41, 5.74) is 8.15. The Morgan fingerprint density at radius 1 is 1.21 bits per heavy atom. The van der Waals surface area contributed by atoms with Crippen LogP contribution in [0.3, 0.4) is 0 Å². The van der Waals surface area contributed by atoms with E-state index in [0.29, 0.717) is 0 Å². The SMILES string of the molecule is CC(C)(C)[Si](C)(C)OC[C@H]1O[C@@H](n2ccc(=O)[nH]c2=O)[C@H](N=[N+]=[N-])[C@@]1(O)[Si](C)(C)C(C)(C)C. The monoisotopic (exact) mass is 497 g/mol. The molecule has 2 rings (SSSR count). The fraction of sp³-hybridized carbons (Fsp3) is 0.810. The molecule has 1 aliphatic rings. The summed E-state index contributed by atoms with van der Waals surface area (Å²) in [5.74, 6) is 0. The molecule has 0 bridgehead atoms. The van der Waals surface area contributed by atoms with E-state index in [2.05, 4.69) is 69.6 Å². The third-order valence-electron chi connectivity index (χ3n) is 8.09. The lowest BCUT2D eigenvalue weighted by molar-refractivity contribution is -0.0570. The average Bonchev–Trinajstić information content (AvgIpc) is 2.92. The molecule has 2 N–H and O–H groups in total. The van der Waals surface area contributed by atoms with Gasteiger partial charge >= 0.3 is 5.69 Å². The van der Waals surface area contributed by atoms with Crippen molar-refractivity contribution in [3.63, 3.8) is 0 Å². The van der Waals surface area contributed by atoms with E-state index in [1.54, 1.807) is 0 Å². The Hall–Kier alpha value is -1.70. The number of hydrogen-bond donors (Lipinski definition) is 2. The Morgan fingerprint density at radius 3 is 2.24 bits per heavy atom. The van der Waals surface area contributed by atoms with Crippen LogP contribution in [0.1, 0.15) is 47.8 Å². The number of H-pyrrole nitrogens is 1. The number of azide groups is 1. The number of ether oxygens (including phenoxy) is 1. The molecule has 33 heavy (non-hydrogen) atoms. The highest BCUT2D eigenvalue weighted by Crippen LogP contribution is 2.53. The second-order valence-electron chi connectivity index (χ2n) is 12.0. The molecule has 0 aliphatic carbocycles. The van der Waals surface area contributed by atoms with Gasteiger partial charge in [0.25, 0.3) is 5.56 Å². The molecular formula is C21H39N5O5Si2. The molecule has 1 aliphatic heterocycles. The van der Waals surface area contributed by atoms with Crippen LogP contribution in [0.25, 0.3) is 10.4 Å². The van der Waals surface area contributed by atoms with E-state index in [4.69, 9.17) is 9.16 Å². The van der Waals surface area contributed by atoms with E-state index < -0.39 is 51.2 Å². The highest BCUT2D eigenvalue weighted by molar-refractivity contribution is 6.83. The van der Waals surface area contributed by atoms with Gasteiger partial charge in [0.1, 0.15) is 18.4 Å². The van der Waals surface area contributed by atoms with Crippen LogP contribution >= 0.6 is 0 Å². The van der Waals surface area contributed by atoms with Crippen LogP contribution in [0, 0.1) is 0 Å². The molecule has 0 radical (unpaired) electrons. The van der Waals surface area contributed by atoms with Crippen molar-refractivity contribution < 1.29 is 14.3 Å². The fourth-order valence-corrected chi connectivity index (χ4v) is 7.94. The van der Waals surface area contributed by atoms with Crippen LogP contribution in [0.2, 0.25) is 36.3 Å². The summed E-state index contributed by atoms with van der Waals surface area (Å²) in [4.78, 5) is 29.4. The normalized spacial score (nSPS) is 26.8. The molecule has 1 fully saturated rings. The quantitative estimate of drug-likeness (QED) is 0.265. The summed E-state index contributed by atoms with van der Waals surface area (Å²) in [6.07, 6.45) is -0.612. The zero-order valence-electron chi connectivity index (χ0n) is 21.5. The lowest BCUT2D eigenvalue weighted by atomic mass is 10.1. The second-order valence-corrected chi connectivity index (χ2v) is 22.3. The van der Waals surface area contributed by atoms with Crippen LogP contribution < -0.4 is 11.2 Å². The first-order chi connectivity index (χ1) is 14.8. The predicted molar refractivity (Wildman–Crippen MR) is 133 cm³/mol. The van der Waals surface area contributed by atoms with E-state index >= 15 is 0 Å². The Kier molecular flexibility index (Phi) is 7.37. The third kappa shape index (κ3) is 4.77. The molecule has 0 unspecified atom stereocenters.